The van der Waals surface area contributed by atoms with E-state index in [1.165, 1.54) is 16.6 Å². The Morgan fingerprint density at radius 1 is 1.12 bits per heavy atom. The van der Waals surface area contributed by atoms with Gasteiger partial charge in [-0.3, -0.25) is 0 Å². The molecule has 0 aliphatic rings. The number of rotatable bonds is 7. The first-order valence-corrected chi connectivity index (χ1v) is 10.1. The topological polar surface area (TPSA) is 63.4 Å². The Bertz CT molecular complexity index is 971. The van der Waals surface area contributed by atoms with Gasteiger partial charge < -0.3 is 4.42 Å². The first-order valence-electron chi connectivity index (χ1n) is 8.26. The van der Waals surface area contributed by atoms with Gasteiger partial charge in [-0.2, -0.15) is 4.31 Å². The van der Waals surface area contributed by atoms with Crippen LogP contribution in [-0.4, -0.2) is 24.3 Å². The Balaban J connectivity index is 1.86. The third-order valence-corrected chi connectivity index (χ3v) is 5.89. The number of aromatic nitrogens is 1. The summed E-state index contributed by atoms with van der Waals surface area (Å²) in [6.45, 7) is 2.44. The second-order valence-electron chi connectivity index (χ2n) is 5.81. The fourth-order valence-electron chi connectivity index (χ4n) is 2.58. The van der Waals surface area contributed by atoms with Crippen molar-refractivity contribution >= 4 is 21.6 Å². The van der Waals surface area contributed by atoms with Crippen LogP contribution in [0.15, 0.2) is 70.2 Å². The van der Waals surface area contributed by atoms with Crippen LogP contribution in [0, 0.1) is 0 Å². The predicted molar refractivity (Wildman–Crippen MR) is 101 cm³/mol. The van der Waals surface area contributed by atoms with Crippen LogP contribution < -0.4 is 0 Å². The van der Waals surface area contributed by atoms with Crippen molar-refractivity contribution in [3.8, 4) is 11.5 Å². The van der Waals surface area contributed by atoms with Crippen molar-refractivity contribution in [2.24, 2.45) is 0 Å². The number of oxazole rings is 1. The van der Waals surface area contributed by atoms with E-state index in [9.17, 15) is 8.42 Å². The van der Waals surface area contributed by atoms with E-state index >= 15 is 0 Å². The number of hydrogen-bond acceptors (Lipinski definition) is 4. The van der Waals surface area contributed by atoms with Gasteiger partial charge in [0.1, 0.15) is 6.26 Å². The Hall–Kier alpha value is -2.15. The van der Waals surface area contributed by atoms with Crippen LogP contribution in [0.5, 0.6) is 0 Å². The molecule has 5 nitrogen and oxygen atoms in total. The summed E-state index contributed by atoms with van der Waals surface area (Å²) in [7, 11) is -3.67. The van der Waals surface area contributed by atoms with Gasteiger partial charge in [0.15, 0.2) is 0 Å². The molecule has 0 fully saturated rings. The van der Waals surface area contributed by atoms with Crippen molar-refractivity contribution in [1.29, 1.82) is 0 Å². The molecule has 2 aromatic carbocycles. The third kappa shape index (κ3) is 4.15. The molecule has 1 heterocycles. The van der Waals surface area contributed by atoms with Crippen molar-refractivity contribution in [3.05, 3.63) is 71.6 Å². The van der Waals surface area contributed by atoms with Crippen LogP contribution in [-0.2, 0) is 16.6 Å². The zero-order valence-corrected chi connectivity index (χ0v) is 15.9. The molecule has 3 aromatic rings. The summed E-state index contributed by atoms with van der Waals surface area (Å²) in [5, 5.41) is 0.385. The Morgan fingerprint density at radius 3 is 2.58 bits per heavy atom. The molecule has 0 unspecified atom stereocenters. The smallest absolute Gasteiger partial charge is 0.243 e. The van der Waals surface area contributed by atoms with E-state index in [4.69, 9.17) is 16.0 Å². The second-order valence-corrected chi connectivity index (χ2v) is 8.18. The molecule has 136 valence electrons. The fraction of sp³-hybridized carbons (Fsp3) is 0.211. The van der Waals surface area contributed by atoms with E-state index < -0.39 is 10.0 Å². The molecule has 0 aliphatic heterocycles. The average molecular weight is 391 g/mol. The van der Waals surface area contributed by atoms with Gasteiger partial charge in [-0.1, -0.05) is 42.8 Å². The maximum absolute atomic E-state index is 13.0. The normalized spacial score (nSPS) is 11.8. The maximum Gasteiger partial charge on any atom is 0.243 e. The molecule has 3 rings (SSSR count). The summed E-state index contributed by atoms with van der Waals surface area (Å²) in [5.74, 6) is 0.470. The molecular weight excluding hydrogens is 372 g/mol. The lowest BCUT2D eigenvalue weighted by Crippen LogP contribution is -2.31. The van der Waals surface area contributed by atoms with E-state index in [2.05, 4.69) is 4.98 Å². The Kier molecular flexibility index (Phi) is 5.76. The van der Waals surface area contributed by atoms with E-state index in [1.807, 2.05) is 37.3 Å². The molecule has 1 aromatic heterocycles. The number of halogens is 1. The lowest BCUT2D eigenvalue weighted by atomic mass is 10.2. The summed E-state index contributed by atoms with van der Waals surface area (Å²) in [5.41, 5.74) is 1.40. The summed E-state index contributed by atoms with van der Waals surface area (Å²) < 4.78 is 32.8. The Morgan fingerprint density at radius 2 is 1.88 bits per heavy atom. The van der Waals surface area contributed by atoms with Crippen LogP contribution in [0.2, 0.25) is 5.02 Å². The third-order valence-electron chi connectivity index (χ3n) is 3.82. The summed E-state index contributed by atoms with van der Waals surface area (Å²) in [6.07, 6.45) is 2.18. The SMILES string of the molecule is CCCN(Cc1coc(-c2ccccc2)n1)S(=O)(=O)c1cccc(Cl)c1. The first-order chi connectivity index (χ1) is 12.5. The highest BCUT2D eigenvalue weighted by molar-refractivity contribution is 7.89. The van der Waals surface area contributed by atoms with Crippen molar-refractivity contribution in [1.82, 2.24) is 9.29 Å². The van der Waals surface area contributed by atoms with Crippen molar-refractivity contribution in [3.63, 3.8) is 0 Å². The van der Waals surface area contributed by atoms with Gasteiger partial charge in [-0.05, 0) is 36.8 Å². The minimum absolute atomic E-state index is 0.138. The second kappa shape index (κ2) is 8.03. The molecule has 0 N–H and O–H groups in total. The van der Waals surface area contributed by atoms with E-state index in [0.717, 1.165) is 5.56 Å². The van der Waals surface area contributed by atoms with Gasteiger partial charge in [0.2, 0.25) is 15.9 Å². The van der Waals surface area contributed by atoms with Crippen LogP contribution in [0.4, 0.5) is 0 Å². The standard InChI is InChI=1S/C19H19ClN2O3S/c1-2-11-22(26(23,24)18-10-6-9-16(20)12-18)13-17-14-25-19(21-17)15-7-4-3-5-8-15/h3-10,12,14H,2,11,13H2,1H3. The van der Waals surface area contributed by atoms with E-state index in [0.29, 0.717) is 29.6 Å². The summed E-state index contributed by atoms with van der Waals surface area (Å²) >= 11 is 5.95. The molecule has 0 amide bonds. The summed E-state index contributed by atoms with van der Waals surface area (Å²) in [6, 6.07) is 15.8. The van der Waals surface area contributed by atoms with E-state index in [-0.39, 0.29) is 11.4 Å². The Labute approximate surface area is 158 Å². The molecule has 0 radical (unpaired) electrons. The highest BCUT2D eigenvalue weighted by atomic mass is 35.5. The minimum Gasteiger partial charge on any atom is -0.444 e. The lowest BCUT2D eigenvalue weighted by Gasteiger charge is -2.20. The van der Waals surface area contributed by atoms with Crippen molar-refractivity contribution in [2.45, 2.75) is 24.8 Å². The molecule has 0 spiro atoms. The van der Waals surface area contributed by atoms with Gasteiger partial charge in [0, 0.05) is 17.1 Å². The highest BCUT2D eigenvalue weighted by Gasteiger charge is 2.25. The number of benzene rings is 2. The van der Waals surface area contributed by atoms with Gasteiger partial charge >= 0.3 is 0 Å². The van der Waals surface area contributed by atoms with Gasteiger partial charge in [-0.25, -0.2) is 13.4 Å². The first kappa shape index (κ1) is 18.6. The van der Waals surface area contributed by atoms with Crippen LogP contribution in [0.25, 0.3) is 11.5 Å². The zero-order chi connectivity index (χ0) is 18.6. The summed E-state index contributed by atoms with van der Waals surface area (Å²) in [4.78, 5) is 4.60. The van der Waals surface area contributed by atoms with Crippen LogP contribution in [0.1, 0.15) is 19.0 Å². The van der Waals surface area contributed by atoms with Crippen molar-refractivity contribution < 1.29 is 12.8 Å². The van der Waals surface area contributed by atoms with Gasteiger partial charge in [0.25, 0.3) is 0 Å². The number of hydrogen-bond donors (Lipinski definition) is 0. The van der Waals surface area contributed by atoms with E-state index in [1.54, 1.807) is 18.2 Å². The highest BCUT2D eigenvalue weighted by Crippen LogP contribution is 2.23. The quantitative estimate of drug-likeness (QED) is 0.591. The number of nitrogens with zero attached hydrogens (tertiary/aromatic N) is 2. The van der Waals surface area contributed by atoms with Crippen LogP contribution in [0.3, 0.4) is 0 Å². The molecule has 0 bridgehead atoms. The minimum atomic E-state index is -3.67. The largest absolute Gasteiger partial charge is 0.444 e. The monoisotopic (exact) mass is 390 g/mol. The zero-order valence-electron chi connectivity index (χ0n) is 14.3. The molecule has 0 atom stereocenters. The van der Waals surface area contributed by atoms with Gasteiger partial charge in [-0.15, -0.1) is 0 Å². The molecule has 0 saturated carbocycles. The predicted octanol–water partition coefficient (Wildman–Crippen LogP) is 4.60. The molecule has 26 heavy (non-hydrogen) atoms. The van der Waals surface area contributed by atoms with Crippen molar-refractivity contribution in [2.75, 3.05) is 6.54 Å². The lowest BCUT2D eigenvalue weighted by molar-refractivity contribution is 0.401. The molecular formula is C19H19ClN2O3S. The van der Waals surface area contributed by atoms with Gasteiger partial charge in [0.05, 0.1) is 17.1 Å². The maximum atomic E-state index is 13.0. The molecule has 0 saturated heterocycles. The number of sulfonamides is 1. The van der Waals surface area contributed by atoms with Crippen LogP contribution >= 0.6 is 11.6 Å². The molecule has 7 heteroatoms. The molecule has 0 aliphatic carbocycles. The fourth-order valence-corrected chi connectivity index (χ4v) is 4.39. The average Bonchev–Trinajstić information content (AvgIpc) is 3.11.